The van der Waals surface area contributed by atoms with Gasteiger partial charge in [-0.15, -0.1) is 0 Å². The Morgan fingerprint density at radius 2 is 1.92 bits per heavy atom. The molecule has 0 aliphatic carbocycles. The molecule has 0 aliphatic heterocycles. The van der Waals surface area contributed by atoms with Crippen molar-refractivity contribution in [3.63, 3.8) is 0 Å². The fourth-order valence-corrected chi connectivity index (χ4v) is 2.45. The Kier molecular flexibility index (Phi) is 5.13. The Morgan fingerprint density at radius 3 is 2.67 bits per heavy atom. The lowest BCUT2D eigenvalue weighted by molar-refractivity contribution is -0.134. The summed E-state index contributed by atoms with van der Waals surface area (Å²) in [6, 6.07) is 14.1. The molecule has 122 valence electrons. The summed E-state index contributed by atoms with van der Waals surface area (Å²) >= 11 is 11.8. The van der Waals surface area contributed by atoms with Crippen LogP contribution in [0.3, 0.4) is 0 Å². The van der Waals surface area contributed by atoms with Gasteiger partial charge in [-0.3, -0.25) is 4.79 Å². The average Bonchev–Trinajstić information content (AvgIpc) is 3.05. The third-order valence-corrected chi connectivity index (χ3v) is 3.69. The summed E-state index contributed by atoms with van der Waals surface area (Å²) in [5.41, 5.74) is 0.850. The molecule has 0 unspecified atom stereocenters. The van der Waals surface area contributed by atoms with Crippen molar-refractivity contribution in [1.82, 2.24) is 10.1 Å². The molecule has 0 fully saturated rings. The van der Waals surface area contributed by atoms with Gasteiger partial charge in [0.1, 0.15) is 5.75 Å². The second kappa shape index (κ2) is 7.47. The van der Waals surface area contributed by atoms with E-state index >= 15 is 0 Å². The minimum atomic E-state index is -0.446. The number of nitrogens with zero attached hydrogens (tertiary/aromatic N) is 2. The molecule has 0 radical (unpaired) electrons. The molecule has 0 N–H and O–H groups in total. The molecular weight excluding hydrogens is 351 g/mol. The lowest BCUT2D eigenvalue weighted by Gasteiger charge is -2.05. The van der Waals surface area contributed by atoms with Crippen molar-refractivity contribution in [2.24, 2.45) is 0 Å². The van der Waals surface area contributed by atoms with Crippen LogP contribution in [0.4, 0.5) is 0 Å². The molecule has 5 nitrogen and oxygen atoms in total. The van der Waals surface area contributed by atoms with Crippen LogP contribution in [0.1, 0.15) is 12.3 Å². The van der Waals surface area contributed by atoms with Gasteiger partial charge in [-0.05, 0) is 18.2 Å². The van der Waals surface area contributed by atoms with Gasteiger partial charge in [-0.2, -0.15) is 4.98 Å². The van der Waals surface area contributed by atoms with Crippen LogP contribution in [0, 0.1) is 0 Å². The fourth-order valence-electron chi connectivity index (χ4n) is 2.00. The van der Waals surface area contributed by atoms with E-state index in [1.807, 2.05) is 30.3 Å². The first-order valence-corrected chi connectivity index (χ1v) is 7.91. The highest BCUT2D eigenvalue weighted by Gasteiger charge is 2.13. The molecule has 3 aromatic rings. The van der Waals surface area contributed by atoms with Crippen LogP contribution in [-0.2, 0) is 11.2 Å². The lowest BCUT2D eigenvalue weighted by atomic mass is 10.2. The smallest absolute Gasteiger partial charge is 0.311 e. The van der Waals surface area contributed by atoms with Crippen LogP contribution in [-0.4, -0.2) is 16.1 Å². The quantitative estimate of drug-likeness (QED) is 0.490. The molecule has 7 heteroatoms. The third kappa shape index (κ3) is 4.13. The fraction of sp³-hybridized carbons (Fsp3) is 0.118. The Hall–Kier alpha value is -2.37. The van der Waals surface area contributed by atoms with E-state index in [9.17, 15) is 4.79 Å². The van der Waals surface area contributed by atoms with Crippen LogP contribution in [0.2, 0.25) is 10.0 Å². The van der Waals surface area contributed by atoms with Crippen LogP contribution in [0.5, 0.6) is 5.75 Å². The van der Waals surface area contributed by atoms with Crippen molar-refractivity contribution in [3.05, 3.63) is 64.5 Å². The van der Waals surface area contributed by atoms with Crippen molar-refractivity contribution in [3.8, 4) is 17.1 Å². The summed E-state index contributed by atoms with van der Waals surface area (Å²) in [6.45, 7) is 0. The number of ether oxygens (including phenoxy) is 1. The molecule has 1 heterocycles. The topological polar surface area (TPSA) is 65.2 Å². The van der Waals surface area contributed by atoms with E-state index in [4.69, 9.17) is 32.5 Å². The van der Waals surface area contributed by atoms with Crippen LogP contribution >= 0.6 is 23.2 Å². The average molecular weight is 363 g/mol. The molecule has 2 aromatic carbocycles. The molecular formula is C17H12Cl2N2O3. The van der Waals surface area contributed by atoms with E-state index in [-0.39, 0.29) is 23.6 Å². The predicted molar refractivity (Wildman–Crippen MR) is 90.2 cm³/mol. The Bertz CT molecular complexity index is 850. The Morgan fingerprint density at radius 1 is 1.12 bits per heavy atom. The van der Waals surface area contributed by atoms with Crippen LogP contribution in [0.15, 0.2) is 53.1 Å². The lowest BCUT2D eigenvalue weighted by Crippen LogP contribution is -2.09. The zero-order valence-electron chi connectivity index (χ0n) is 12.4. The first-order valence-electron chi connectivity index (χ1n) is 7.15. The van der Waals surface area contributed by atoms with E-state index in [2.05, 4.69) is 10.1 Å². The second-order valence-corrected chi connectivity index (χ2v) is 5.77. The Labute approximate surface area is 148 Å². The highest BCUT2D eigenvalue weighted by atomic mass is 35.5. The van der Waals surface area contributed by atoms with Gasteiger partial charge < -0.3 is 9.26 Å². The highest BCUT2D eigenvalue weighted by Crippen LogP contribution is 2.27. The van der Waals surface area contributed by atoms with Crippen molar-refractivity contribution in [2.45, 2.75) is 12.8 Å². The second-order valence-electron chi connectivity index (χ2n) is 4.93. The third-order valence-electron chi connectivity index (χ3n) is 3.16. The number of esters is 1. The largest absolute Gasteiger partial charge is 0.425 e. The maximum absolute atomic E-state index is 11.9. The number of hydrogen-bond donors (Lipinski definition) is 0. The van der Waals surface area contributed by atoms with Gasteiger partial charge in [0, 0.05) is 17.0 Å². The van der Waals surface area contributed by atoms with Crippen molar-refractivity contribution >= 4 is 29.2 Å². The van der Waals surface area contributed by atoms with Gasteiger partial charge in [-0.25, -0.2) is 0 Å². The maximum Gasteiger partial charge on any atom is 0.311 e. The van der Waals surface area contributed by atoms with E-state index in [0.29, 0.717) is 16.7 Å². The highest BCUT2D eigenvalue weighted by molar-refractivity contribution is 6.35. The molecule has 1 aromatic heterocycles. The van der Waals surface area contributed by atoms with E-state index in [1.165, 1.54) is 6.07 Å². The summed E-state index contributed by atoms with van der Waals surface area (Å²) in [7, 11) is 0. The van der Waals surface area contributed by atoms with Crippen LogP contribution in [0.25, 0.3) is 11.4 Å². The van der Waals surface area contributed by atoms with Gasteiger partial charge in [0.15, 0.2) is 0 Å². The number of rotatable bonds is 5. The summed E-state index contributed by atoms with van der Waals surface area (Å²) in [6.07, 6.45) is 0.374. The summed E-state index contributed by atoms with van der Waals surface area (Å²) in [5.74, 6) is 0.674. The summed E-state index contributed by atoms with van der Waals surface area (Å²) < 4.78 is 10.3. The number of aryl methyl sites for hydroxylation is 1. The maximum atomic E-state index is 11.9. The SMILES string of the molecule is O=C(CCc1nc(-c2ccccc2)no1)Oc1ccc(Cl)cc1Cl. The molecule has 0 saturated heterocycles. The molecule has 0 spiro atoms. The molecule has 0 saturated carbocycles. The molecule has 0 atom stereocenters. The number of hydrogen-bond acceptors (Lipinski definition) is 5. The molecule has 3 rings (SSSR count). The normalized spacial score (nSPS) is 10.6. The van der Waals surface area contributed by atoms with Crippen molar-refractivity contribution < 1.29 is 14.1 Å². The number of carbonyl (C=O) groups is 1. The molecule has 0 bridgehead atoms. The van der Waals surface area contributed by atoms with Gasteiger partial charge in [0.05, 0.1) is 11.4 Å². The number of carbonyl (C=O) groups excluding carboxylic acids is 1. The first-order chi connectivity index (χ1) is 11.6. The van der Waals surface area contributed by atoms with Gasteiger partial charge >= 0.3 is 5.97 Å². The number of aromatic nitrogens is 2. The van der Waals surface area contributed by atoms with Crippen molar-refractivity contribution in [1.29, 1.82) is 0 Å². The zero-order chi connectivity index (χ0) is 16.9. The van der Waals surface area contributed by atoms with Crippen LogP contribution < -0.4 is 4.74 Å². The minimum absolute atomic E-state index is 0.0926. The van der Waals surface area contributed by atoms with Gasteiger partial charge in [0.2, 0.25) is 11.7 Å². The summed E-state index contributed by atoms with van der Waals surface area (Å²) in [5, 5.41) is 4.65. The Balaban J connectivity index is 1.58. The van der Waals surface area contributed by atoms with Gasteiger partial charge in [0.25, 0.3) is 0 Å². The molecule has 0 aliphatic rings. The molecule has 0 amide bonds. The zero-order valence-corrected chi connectivity index (χ0v) is 13.9. The van der Waals surface area contributed by atoms with E-state index < -0.39 is 5.97 Å². The van der Waals surface area contributed by atoms with Crippen molar-refractivity contribution in [2.75, 3.05) is 0 Å². The van der Waals surface area contributed by atoms with E-state index in [1.54, 1.807) is 12.1 Å². The first kappa shape index (κ1) is 16.5. The predicted octanol–water partition coefficient (Wildman–Crippen LogP) is 4.58. The summed E-state index contributed by atoms with van der Waals surface area (Å²) in [4.78, 5) is 16.2. The number of benzene rings is 2. The van der Waals surface area contributed by atoms with Gasteiger partial charge in [-0.1, -0.05) is 58.7 Å². The standard InChI is InChI=1S/C17H12Cl2N2O3/c18-12-6-7-14(13(19)10-12)23-16(22)9-8-15-20-17(21-24-15)11-4-2-1-3-5-11/h1-7,10H,8-9H2. The molecule has 24 heavy (non-hydrogen) atoms. The van der Waals surface area contributed by atoms with E-state index in [0.717, 1.165) is 5.56 Å². The minimum Gasteiger partial charge on any atom is -0.425 e. The number of halogens is 2. The monoisotopic (exact) mass is 362 g/mol.